The first kappa shape index (κ1) is 71.1. The molecule has 0 spiro atoms. The summed E-state index contributed by atoms with van der Waals surface area (Å²) in [6.07, 6.45) is 65.1. The molecule has 428 valence electrons. The van der Waals surface area contributed by atoms with Gasteiger partial charge in [0.25, 0.3) is 0 Å². The molecule has 0 bridgehead atoms. The number of esters is 3. The molecule has 0 aromatic heterocycles. The second-order valence-corrected chi connectivity index (χ2v) is 21.7. The number of nitrogens with one attached hydrogen (secondary N) is 2. The zero-order chi connectivity index (χ0) is 53.9. The van der Waals surface area contributed by atoms with Crippen molar-refractivity contribution in [2.45, 2.75) is 257 Å². The zero-order valence-corrected chi connectivity index (χ0v) is 49.5. The lowest BCUT2D eigenvalue weighted by Crippen LogP contribution is -2.58. The number of allylic oxidation sites excluding steroid dienone is 12. The van der Waals surface area contributed by atoms with Crippen molar-refractivity contribution in [2.75, 3.05) is 59.3 Å². The Morgan fingerprint density at radius 1 is 0.405 bits per heavy atom. The summed E-state index contributed by atoms with van der Waals surface area (Å²) >= 11 is 1.61. The summed E-state index contributed by atoms with van der Waals surface area (Å²) in [7, 11) is 4.10. The standard InChI is InChI=1S/C64H115N3O6S/c1-6-9-12-15-18-21-24-27-30-33-36-39-42-45-48-51-61(68)71-58-64(65-55-57-74-66-54-56-67(4)5,59-72-62(69)52-49-46-43-40-37-34-31-28-25-22-19-16-13-10-7-2)60-73-63(70)53-50-47-44-41-38-35-32-29-26-23-20-17-14-11-8-3/h18-23,27-32,65-66H,6-17,24-26,33-60H2,1-5H3/b21-18-,22-19-,23-20-,30-27-,31-28-,32-29-. The van der Waals surface area contributed by atoms with E-state index in [1.807, 2.05) is 0 Å². The van der Waals surface area contributed by atoms with Gasteiger partial charge in [-0.05, 0) is 130 Å². The van der Waals surface area contributed by atoms with Gasteiger partial charge in [-0.25, -0.2) is 0 Å². The Morgan fingerprint density at radius 2 is 0.703 bits per heavy atom. The van der Waals surface area contributed by atoms with Crippen LogP contribution in [0.25, 0.3) is 0 Å². The van der Waals surface area contributed by atoms with Crippen molar-refractivity contribution in [3.05, 3.63) is 72.9 Å². The molecule has 0 fully saturated rings. The van der Waals surface area contributed by atoms with Gasteiger partial charge in [-0.1, -0.05) is 202 Å². The zero-order valence-electron chi connectivity index (χ0n) is 48.6. The summed E-state index contributed by atoms with van der Waals surface area (Å²) in [5.41, 5.74) is -1.07. The normalized spacial score (nSPS) is 12.4. The van der Waals surface area contributed by atoms with Gasteiger partial charge in [-0.3, -0.25) is 19.1 Å². The van der Waals surface area contributed by atoms with E-state index < -0.39 is 5.54 Å². The number of hydrogen-bond acceptors (Lipinski definition) is 10. The predicted octanol–water partition coefficient (Wildman–Crippen LogP) is 17.2. The lowest BCUT2D eigenvalue weighted by atomic mass is 10.0. The van der Waals surface area contributed by atoms with Crippen molar-refractivity contribution < 1.29 is 28.6 Å². The van der Waals surface area contributed by atoms with Crippen LogP contribution in [-0.2, 0) is 28.6 Å². The number of carbonyl (C=O) groups is 3. The van der Waals surface area contributed by atoms with E-state index in [0.29, 0.717) is 25.8 Å². The Hall–Kier alpha value is -2.92. The highest BCUT2D eigenvalue weighted by molar-refractivity contribution is 7.97. The van der Waals surface area contributed by atoms with E-state index in [2.05, 4.69) is 123 Å². The van der Waals surface area contributed by atoms with E-state index in [1.165, 1.54) is 77.0 Å². The molecule has 9 nitrogen and oxygen atoms in total. The molecule has 0 aromatic carbocycles. The Labute approximate surface area is 461 Å². The second kappa shape index (κ2) is 57.8. The van der Waals surface area contributed by atoms with Crippen molar-refractivity contribution in [2.24, 2.45) is 0 Å². The number of unbranched alkanes of at least 4 members (excludes halogenated alkanes) is 24. The van der Waals surface area contributed by atoms with Gasteiger partial charge in [0.2, 0.25) is 0 Å². The van der Waals surface area contributed by atoms with Gasteiger partial charge in [0.15, 0.2) is 0 Å². The van der Waals surface area contributed by atoms with Crippen molar-refractivity contribution in [3.63, 3.8) is 0 Å². The summed E-state index contributed by atoms with van der Waals surface area (Å²) in [6, 6.07) is 0. The van der Waals surface area contributed by atoms with E-state index in [9.17, 15) is 14.4 Å². The molecule has 0 atom stereocenters. The van der Waals surface area contributed by atoms with Crippen LogP contribution < -0.4 is 10.0 Å². The highest BCUT2D eigenvalue weighted by atomic mass is 32.2. The maximum atomic E-state index is 13.2. The number of likely N-dealkylation sites (N-methyl/N-ethyl adjacent to an activating group) is 1. The lowest BCUT2D eigenvalue weighted by molar-refractivity contribution is -0.157. The highest BCUT2D eigenvalue weighted by Crippen LogP contribution is 2.16. The Kier molecular flexibility index (Phi) is 55.5. The van der Waals surface area contributed by atoms with Gasteiger partial charge >= 0.3 is 17.9 Å². The number of carbonyl (C=O) groups excluding carboxylic acids is 3. The molecule has 0 radical (unpaired) electrons. The van der Waals surface area contributed by atoms with Crippen molar-refractivity contribution in [3.8, 4) is 0 Å². The largest absolute Gasteiger partial charge is 0.463 e. The van der Waals surface area contributed by atoms with Crippen LogP contribution in [0.1, 0.15) is 252 Å². The van der Waals surface area contributed by atoms with Gasteiger partial charge in [-0.15, -0.1) is 0 Å². The van der Waals surface area contributed by atoms with Crippen LogP contribution in [0.2, 0.25) is 0 Å². The van der Waals surface area contributed by atoms with E-state index in [1.54, 1.807) is 11.9 Å². The van der Waals surface area contributed by atoms with Crippen molar-refractivity contribution in [1.29, 1.82) is 0 Å². The van der Waals surface area contributed by atoms with E-state index in [0.717, 1.165) is 154 Å². The first-order valence-corrected chi connectivity index (χ1v) is 31.4. The molecule has 0 saturated heterocycles. The van der Waals surface area contributed by atoms with Gasteiger partial charge in [0, 0.05) is 44.6 Å². The molecule has 0 amide bonds. The first-order valence-electron chi connectivity index (χ1n) is 30.4. The SMILES string of the molecule is CCCCC/C=C\C/C=C\CCCCCCCC(=O)OCC(COC(=O)CCCCCCC/C=C\C/C=C\CCCCC)(COC(=O)CCCCCCC/C=C\C/C=C\CCCCC)NCCSNCCN(C)C. The molecule has 0 rings (SSSR count). The predicted molar refractivity (Wildman–Crippen MR) is 321 cm³/mol. The molecule has 0 saturated carbocycles. The van der Waals surface area contributed by atoms with E-state index in [-0.39, 0.29) is 37.7 Å². The number of nitrogens with zero attached hydrogens (tertiary/aromatic N) is 1. The third-order valence-corrected chi connectivity index (χ3v) is 13.8. The lowest BCUT2D eigenvalue weighted by Gasteiger charge is -2.33. The minimum absolute atomic E-state index is 0.0568. The molecule has 0 heterocycles. The topological polar surface area (TPSA) is 106 Å². The van der Waals surface area contributed by atoms with Gasteiger partial charge in [0.1, 0.15) is 25.4 Å². The minimum Gasteiger partial charge on any atom is -0.463 e. The summed E-state index contributed by atoms with van der Waals surface area (Å²) < 4.78 is 21.3. The Bertz CT molecular complexity index is 1290. The number of ether oxygens (including phenoxy) is 3. The molecule has 0 aliphatic heterocycles. The van der Waals surface area contributed by atoms with E-state index in [4.69, 9.17) is 14.2 Å². The fraction of sp³-hybridized carbons (Fsp3) is 0.766. The van der Waals surface area contributed by atoms with Crippen LogP contribution in [0.5, 0.6) is 0 Å². The number of hydrogen-bond donors (Lipinski definition) is 2. The van der Waals surface area contributed by atoms with Gasteiger partial charge < -0.3 is 24.4 Å². The third-order valence-electron chi connectivity index (χ3n) is 13.0. The van der Waals surface area contributed by atoms with Crippen LogP contribution in [0.3, 0.4) is 0 Å². The van der Waals surface area contributed by atoms with E-state index >= 15 is 0 Å². The monoisotopic (exact) mass is 1050 g/mol. The average Bonchev–Trinajstić information content (AvgIpc) is 3.39. The molecule has 2 N–H and O–H groups in total. The molecule has 0 aliphatic rings. The maximum Gasteiger partial charge on any atom is 0.305 e. The quantitative estimate of drug-likeness (QED) is 0.0201. The Morgan fingerprint density at radius 3 is 1.01 bits per heavy atom. The fourth-order valence-electron chi connectivity index (χ4n) is 8.17. The smallest absolute Gasteiger partial charge is 0.305 e. The molecule has 74 heavy (non-hydrogen) atoms. The van der Waals surface area contributed by atoms with Crippen LogP contribution in [-0.4, -0.2) is 87.6 Å². The molecule has 0 aromatic rings. The third kappa shape index (κ3) is 53.9. The maximum absolute atomic E-state index is 13.2. The second-order valence-electron chi connectivity index (χ2n) is 20.7. The summed E-state index contributed by atoms with van der Waals surface area (Å²) in [5, 5.41) is 3.53. The summed E-state index contributed by atoms with van der Waals surface area (Å²) in [5.74, 6) is -0.131. The van der Waals surface area contributed by atoms with Crippen LogP contribution >= 0.6 is 11.9 Å². The molecule has 0 aliphatic carbocycles. The van der Waals surface area contributed by atoms with Crippen molar-refractivity contribution in [1.82, 2.24) is 14.9 Å². The summed E-state index contributed by atoms with van der Waals surface area (Å²) in [4.78, 5) is 41.8. The summed E-state index contributed by atoms with van der Waals surface area (Å²) in [6.45, 7) is 8.85. The van der Waals surface area contributed by atoms with Crippen LogP contribution in [0.15, 0.2) is 72.9 Å². The molecular formula is C64H115N3O6S. The minimum atomic E-state index is -1.07. The van der Waals surface area contributed by atoms with Crippen LogP contribution in [0.4, 0.5) is 0 Å². The first-order chi connectivity index (χ1) is 36.3. The molecule has 0 unspecified atom stereocenters. The molecule has 10 heteroatoms. The van der Waals surface area contributed by atoms with Crippen molar-refractivity contribution >= 4 is 29.9 Å². The Balaban J connectivity index is 5.28. The highest BCUT2D eigenvalue weighted by Gasteiger charge is 2.35. The molecular weight excluding hydrogens is 939 g/mol. The average molecular weight is 1050 g/mol. The number of rotatable bonds is 56. The fourth-order valence-corrected chi connectivity index (χ4v) is 8.76. The van der Waals surface area contributed by atoms with Crippen LogP contribution in [0, 0.1) is 0 Å². The van der Waals surface area contributed by atoms with Gasteiger partial charge in [0.05, 0.1) is 0 Å². The van der Waals surface area contributed by atoms with Gasteiger partial charge in [-0.2, -0.15) is 0 Å².